The summed E-state index contributed by atoms with van der Waals surface area (Å²) >= 11 is 0. The minimum absolute atomic E-state index is 0.129. The van der Waals surface area contributed by atoms with Gasteiger partial charge >= 0.3 is 5.97 Å². The summed E-state index contributed by atoms with van der Waals surface area (Å²) in [4.78, 5) is 49.0. The van der Waals surface area contributed by atoms with E-state index in [-0.39, 0.29) is 35.9 Å². The van der Waals surface area contributed by atoms with Crippen LogP contribution in [-0.4, -0.2) is 47.8 Å². The number of amides is 3. The number of hydrogen-bond donors (Lipinski definition) is 2. The molecule has 1 unspecified atom stereocenters. The Balaban J connectivity index is 2.08. The molecule has 1 aromatic carbocycles. The molecule has 1 aliphatic heterocycles. The van der Waals surface area contributed by atoms with Crippen LogP contribution < -0.4 is 10.6 Å². The lowest BCUT2D eigenvalue weighted by Gasteiger charge is -2.33. The molecule has 8 heteroatoms. The van der Waals surface area contributed by atoms with Gasteiger partial charge in [0, 0.05) is 37.8 Å². The maximum atomic E-state index is 12.4. The van der Waals surface area contributed by atoms with E-state index >= 15 is 0 Å². The number of nitrogens with zero attached hydrogens (tertiary/aromatic N) is 1. The van der Waals surface area contributed by atoms with Crippen LogP contribution in [0.3, 0.4) is 0 Å². The average Bonchev–Trinajstić information content (AvgIpc) is 2.58. The van der Waals surface area contributed by atoms with Crippen LogP contribution in [0.4, 0.5) is 11.4 Å². The van der Waals surface area contributed by atoms with E-state index in [0.717, 1.165) is 19.3 Å². The average molecular weight is 375 g/mol. The first-order chi connectivity index (χ1) is 12.8. The molecule has 1 atom stereocenters. The SMILES string of the molecule is CC(=O)Nc1cc(NC(C)=O)cc(C(=O)OCC(=O)N2CCCCC2C)c1. The van der Waals surface area contributed by atoms with Crippen LogP contribution in [0, 0.1) is 0 Å². The van der Waals surface area contributed by atoms with Gasteiger partial charge in [0.1, 0.15) is 0 Å². The zero-order valence-electron chi connectivity index (χ0n) is 15.8. The van der Waals surface area contributed by atoms with E-state index < -0.39 is 5.97 Å². The summed E-state index contributed by atoms with van der Waals surface area (Å²) in [5.41, 5.74) is 0.817. The van der Waals surface area contributed by atoms with E-state index in [1.807, 2.05) is 6.92 Å². The normalized spacial score (nSPS) is 16.4. The highest BCUT2D eigenvalue weighted by atomic mass is 16.5. The van der Waals surface area contributed by atoms with Gasteiger partial charge in [-0.15, -0.1) is 0 Å². The topological polar surface area (TPSA) is 105 Å². The molecule has 1 aliphatic rings. The van der Waals surface area contributed by atoms with E-state index in [9.17, 15) is 19.2 Å². The molecule has 1 heterocycles. The van der Waals surface area contributed by atoms with E-state index in [2.05, 4.69) is 10.6 Å². The molecule has 0 spiro atoms. The highest BCUT2D eigenvalue weighted by Gasteiger charge is 2.24. The third-order valence-corrected chi connectivity index (χ3v) is 4.26. The lowest BCUT2D eigenvalue weighted by atomic mass is 10.0. The molecule has 8 nitrogen and oxygen atoms in total. The van der Waals surface area contributed by atoms with Gasteiger partial charge in [-0.1, -0.05) is 0 Å². The Morgan fingerprint density at radius 3 is 2.15 bits per heavy atom. The number of carbonyl (C=O) groups is 4. The number of hydrogen-bond acceptors (Lipinski definition) is 5. The quantitative estimate of drug-likeness (QED) is 0.768. The van der Waals surface area contributed by atoms with Crippen LogP contribution >= 0.6 is 0 Å². The van der Waals surface area contributed by atoms with Crippen molar-refractivity contribution in [1.82, 2.24) is 4.90 Å². The maximum absolute atomic E-state index is 12.4. The van der Waals surface area contributed by atoms with Crippen molar-refractivity contribution in [2.45, 2.75) is 46.1 Å². The molecule has 0 aliphatic carbocycles. The second-order valence-electron chi connectivity index (χ2n) is 6.67. The molecule has 2 N–H and O–H groups in total. The van der Waals surface area contributed by atoms with Crippen molar-refractivity contribution in [3.63, 3.8) is 0 Å². The number of anilines is 2. The number of likely N-dealkylation sites (tertiary alicyclic amines) is 1. The molecule has 0 radical (unpaired) electrons. The lowest BCUT2D eigenvalue weighted by Crippen LogP contribution is -2.44. The second kappa shape index (κ2) is 9.16. The predicted molar refractivity (Wildman–Crippen MR) is 100 cm³/mol. The van der Waals surface area contributed by atoms with Crippen LogP contribution in [0.25, 0.3) is 0 Å². The number of nitrogens with one attached hydrogen (secondary N) is 2. The number of rotatable bonds is 5. The number of benzene rings is 1. The summed E-state index contributed by atoms with van der Waals surface area (Å²) in [6.07, 6.45) is 2.98. The molecule has 146 valence electrons. The van der Waals surface area contributed by atoms with Crippen molar-refractivity contribution >= 4 is 35.1 Å². The molecule has 1 aromatic rings. The van der Waals surface area contributed by atoms with Gasteiger partial charge in [-0.2, -0.15) is 0 Å². The molecule has 1 fully saturated rings. The van der Waals surface area contributed by atoms with Crippen molar-refractivity contribution in [2.24, 2.45) is 0 Å². The summed E-state index contributed by atoms with van der Waals surface area (Å²) < 4.78 is 5.16. The Morgan fingerprint density at radius 2 is 1.63 bits per heavy atom. The van der Waals surface area contributed by atoms with Crippen molar-refractivity contribution < 1.29 is 23.9 Å². The maximum Gasteiger partial charge on any atom is 0.338 e. The van der Waals surface area contributed by atoms with Gasteiger partial charge in [-0.25, -0.2) is 4.79 Å². The summed E-state index contributed by atoms with van der Waals surface area (Å²) in [7, 11) is 0. The van der Waals surface area contributed by atoms with Crippen LogP contribution in [0.15, 0.2) is 18.2 Å². The smallest absolute Gasteiger partial charge is 0.338 e. The monoisotopic (exact) mass is 375 g/mol. The molecule has 0 saturated carbocycles. The minimum Gasteiger partial charge on any atom is -0.452 e. The van der Waals surface area contributed by atoms with Gasteiger partial charge in [0.2, 0.25) is 11.8 Å². The molecular formula is C19H25N3O5. The summed E-state index contributed by atoms with van der Waals surface area (Å²) in [6, 6.07) is 4.53. The summed E-state index contributed by atoms with van der Waals surface area (Å²) in [5, 5.41) is 5.13. The standard InChI is InChI=1S/C19H25N3O5/c1-12-6-4-5-7-22(12)18(25)11-27-19(26)15-8-16(20-13(2)23)10-17(9-15)21-14(3)24/h8-10,12H,4-7,11H2,1-3H3,(H,20,23)(H,21,24). The number of esters is 1. The first kappa shape index (κ1) is 20.4. The van der Waals surface area contributed by atoms with Gasteiger partial charge < -0.3 is 20.3 Å². The zero-order chi connectivity index (χ0) is 20.0. The van der Waals surface area contributed by atoms with Gasteiger partial charge in [0.15, 0.2) is 6.61 Å². The Kier molecular flexibility index (Phi) is 6.92. The van der Waals surface area contributed by atoms with Crippen molar-refractivity contribution in [3.8, 4) is 0 Å². The zero-order valence-corrected chi connectivity index (χ0v) is 15.8. The highest BCUT2D eigenvalue weighted by molar-refractivity contribution is 5.98. The Hall–Kier alpha value is -2.90. The van der Waals surface area contributed by atoms with E-state index in [4.69, 9.17) is 4.74 Å². The van der Waals surface area contributed by atoms with E-state index in [1.165, 1.54) is 32.0 Å². The fourth-order valence-corrected chi connectivity index (χ4v) is 3.06. The highest BCUT2D eigenvalue weighted by Crippen LogP contribution is 2.21. The fraction of sp³-hybridized carbons (Fsp3) is 0.474. The largest absolute Gasteiger partial charge is 0.452 e. The van der Waals surface area contributed by atoms with Gasteiger partial charge in [0.25, 0.3) is 5.91 Å². The Bertz CT molecular complexity index is 713. The summed E-state index contributed by atoms with van der Waals surface area (Å²) in [5.74, 6) is -1.56. The fourth-order valence-electron chi connectivity index (χ4n) is 3.06. The number of carbonyl (C=O) groups excluding carboxylic acids is 4. The molecule has 2 rings (SSSR count). The summed E-state index contributed by atoms with van der Waals surface area (Å²) in [6.45, 7) is 4.98. The minimum atomic E-state index is -0.702. The van der Waals surface area contributed by atoms with E-state index in [0.29, 0.717) is 17.9 Å². The lowest BCUT2D eigenvalue weighted by molar-refractivity contribution is -0.137. The van der Waals surface area contributed by atoms with Crippen molar-refractivity contribution in [2.75, 3.05) is 23.8 Å². The van der Waals surface area contributed by atoms with Crippen LogP contribution in [-0.2, 0) is 19.1 Å². The first-order valence-electron chi connectivity index (χ1n) is 8.93. The molecule has 1 saturated heterocycles. The number of piperidine rings is 1. The molecule has 0 aromatic heterocycles. The number of ether oxygens (including phenoxy) is 1. The third kappa shape index (κ3) is 6.09. The third-order valence-electron chi connectivity index (χ3n) is 4.26. The Morgan fingerprint density at radius 1 is 1.04 bits per heavy atom. The Labute approximate surface area is 158 Å². The molecular weight excluding hydrogens is 350 g/mol. The van der Waals surface area contributed by atoms with Crippen molar-refractivity contribution in [1.29, 1.82) is 0 Å². The van der Waals surface area contributed by atoms with Gasteiger partial charge in [-0.05, 0) is 44.4 Å². The van der Waals surface area contributed by atoms with Gasteiger partial charge in [-0.3, -0.25) is 14.4 Å². The van der Waals surface area contributed by atoms with Gasteiger partial charge in [0.05, 0.1) is 5.56 Å². The second-order valence-corrected chi connectivity index (χ2v) is 6.67. The van der Waals surface area contributed by atoms with E-state index in [1.54, 1.807) is 4.90 Å². The first-order valence-corrected chi connectivity index (χ1v) is 8.93. The molecule has 27 heavy (non-hydrogen) atoms. The van der Waals surface area contributed by atoms with Crippen molar-refractivity contribution in [3.05, 3.63) is 23.8 Å². The van der Waals surface area contributed by atoms with Crippen LogP contribution in [0.1, 0.15) is 50.4 Å². The van der Waals surface area contributed by atoms with Crippen LogP contribution in [0.5, 0.6) is 0 Å². The molecule has 0 bridgehead atoms. The predicted octanol–water partition coefficient (Wildman–Crippen LogP) is 2.16. The molecule has 3 amide bonds. The van der Waals surface area contributed by atoms with Crippen LogP contribution in [0.2, 0.25) is 0 Å².